The molecule has 0 spiro atoms. The van der Waals surface area contributed by atoms with Gasteiger partial charge in [-0.15, -0.1) is 0 Å². The molecule has 0 radical (unpaired) electrons. The van der Waals surface area contributed by atoms with Crippen LogP contribution in [0.4, 0.5) is 0 Å². The highest BCUT2D eigenvalue weighted by Gasteiger charge is 2.32. The maximum atomic E-state index is 12.9. The molecule has 0 bridgehead atoms. The Bertz CT molecular complexity index is 708. The van der Waals surface area contributed by atoms with Crippen LogP contribution in [0.3, 0.4) is 0 Å². The number of nitrogens with one attached hydrogen (secondary N) is 1. The fourth-order valence-corrected chi connectivity index (χ4v) is 4.83. The summed E-state index contributed by atoms with van der Waals surface area (Å²) in [6.07, 6.45) is 3.80. The zero-order valence-electron chi connectivity index (χ0n) is 16.5. The number of carbonyl (C=O) groups excluding carboxylic acids is 1. The Kier molecular flexibility index (Phi) is 5.71. The van der Waals surface area contributed by atoms with E-state index in [1.807, 2.05) is 12.1 Å². The van der Waals surface area contributed by atoms with Crippen molar-refractivity contribution in [3.8, 4) is 5.75 Å². The molecule has 1 heterocycles. The van der Waals surface area contributed by atoms with E-state index in [0.717, 1.165) is 44.3 Å². The van der Waals surface area contributed by atoms with Gasteiger partial charge in [0.1, 0.15) is 5.75 Å². The lowest BCUT2D eigenvalue weighted by atomic mass is 9.75. The van der Waals surface area contributed by atoms with Gasteiger partial charge in [-0.2, -0.15) is 0 Å². The van der Waals surface area contributed by atoms with Crippen molar-refractivity contribution in [1.82, 2.24) is 10.2 Å². The summed E-state index contributed by atoms with van der Waals surface area (Å²) >= 11 is 0. The number of aromatic hydroxyl groups is 1. The number of hydrogen-bond donors (Lipinski definition) is 2. The number of nitrogens with zero attached hydrogens (tertiary/aromatic N) is 1. The van der Waals surface area contributed by atoms with E-state index in [1.54, 1.807) is 6.07 Å². The highest BCUT2D eigenvalue weighted by molar-refractivity contribution is 6.02. The number of allylic oxidation sites excluding steroid dienone is 1. The molecule has 0 fully saturated rings. The lowest BCUT2D eigenvalue weighted by Crippen LogP contribution is -2.40. The SMILES string of the molecule is CCN(C(C)C)C(C)CC1=C2c3ccc(O)cc3CCC2CCNC1=O. The van der Waals surface area contributed by atoms with E-state index >= 15 is 0 Å². The van der Waals surface area contributed by atoms with E-state index in [4.69, 9.17) is 0 Å². The van der Waals surface area contributed by atoms with Crippen LogP contribution in [0.1, 0.15) is 58.1 Å². The molecule has 4 nitrogen and oxygen atoms in total. The molecule has 1 amide bonds. The Morgan fingerprint density at radius 3 is 2.73 bits per heavy atom. The first-order valence-corrected chi connectivity index (χ1v) is 10.0. The molecule has 3 rings (SSSR count). The van der Waals surface area contributed by atoms with E-state index < -0.39 is 0 Å². The van der Waals surface area contributed by atoms with Crippen LogP contribution in [0.15, 0.2) is 23.8 Å². The molecule has 0 saturated carbocycles. The van der Waals surface area contributed by atoms with Crippen molar-refractivity contribution in [2.45, 2.75) is 65.5 Å². The van der Waals surface area contributed by atoms with Crippen molar-refractivity contribution in [1.29, 1.82) is 0 Å². The Morgan fingerprint density at radius 1 is 1.27 bits per heavy atom. The maximum absolute atomic E-state index is 12.9. The van der Waals surface area contributed by atoms with Crippen molar-refractivity contribution >= 4 is 11.5 Å². The van der Waals surface area contributed by atoms with Gasteiger partial charge in [-0.1, -0.05) is 13.0 Å². The fraction of sp³-hybridized carbons (Fsp3) is 0.591. The molecule has 2 N–H and O–H groups in total. The average Bonchev–Trinajstić information content (AvgIpc) is 2.74. The summed E-state index contributed by atoms with van der Waals surface area (Å²) in [6.45, 7) is 10.6. The molecule has 2 aliphatic rings. The molecular formula is C22H32N2O2. The normalized spacial score (nSPS) is 21.3. The molecule has 142 valence electrons. The molecule has 1 aliphatic heterocycles. The van der Waals surface area contributed by atoms with Crippen molar-refractivity contribution in [2.24, 2.45) is 5.92 Å². The Morgan fingerprint density at radius 2 is 2.04 bits per heavy atom. The van der Waals surface area contributed by atoms with Crippen LogP contribution in [0.2, 0.25) is 0 Å². The Labute approximate surface area is 157 Å². The van der Waals surface area contributed by atoms with Crippen LogP contribution in [0.5, 0.6) is 5.75 Å². The van der Waals surface area contributed by atoms with Gasteiger partial charge >= 0.3 is 0 Å². The number of phenols is 1. The number of amides is 1. The minimum atomic E-state index is 0.0927. The fourth-order valence-electron chi connectivity index (χ4n) is 4.83. The van der Waals surface area contributed by atoms with Gasteiger partial charge in [0, 0.05) is 24.2 Å². The van der Waals surface area contributed by atoms with Gasteiger partial charge in [-0.3, -0.25) is 9.69 Å². The average molecular weight is 357 g/mol. The molecule has 2 atom stereocenters. The molecule has 0 aromatic heterocycles. The first kappa shape index (κ1) is 19.0. The zero-order chi connectivity index (χ0) is 18.8. The number of phenolic OH excluding ortho intramolecular Hbond substituents is 1. The van der Waals surface area contributed by atoms with Crippen molar-refractivity contribution in [2.75, 3.05) is 13.1 Å². The lowest BCUT2D eigenvalue weighted by molar-refractivity contribution is -0.117. The standard InChI is InChI=1S/C22H32N2O2/c1-5-24(14(2)3)15(4)12-20-21-16(10-11-23-22(20)26)6-7-17-13-18(25)8-9-19(17)21/h8-9,13-16,25H,5-7,10-12H2,1-4H3,(H,23,26). The summed E-state index contributed by atoms with van der Waals surface area (Å²) in [5.74, 6) is 0.838. The minimum absolute atomic E-state index is 0.0927. The second-order valence-electron chi connectivity index (χ2n) is 7.99. The predicted molar refractivity (Wildman–Crippen MR) is 106 cm³/mol. The Hall–Kier alpha value is -1.81. The first-order valence-electron chi connectivity index (χ1n) is 10.0. The topological polar surface area (TPSA) is 52.6 Å². The second-order valence-corrected chi connectivity index (χ2v) is 7.99. The van der Waals surface area contributed by atoms with Crippen LogP contribution in [-0.4, -0.2) is 41.1 Å². The van der Waals surface area contributed by atoms with Crippen molar-refractivity contribution < 1.29 is 9.90 Å². The van der Waals surface area contributed by atoms with Gasteiger partial charge in [0.15, 0.2) is 0 Å². The zero-order valence-corrected chi connectivity index (χ0v) is 16.5. The third-order valence-electron chi connectivity index (χ3n) is 6.02. The van der Waals surface area contributed by atoms with Crippen molar-refractivity contribution in [3.63, 3.8) is 0 Å². The number of rotatable bonds is 5. The number of aryl methyl sites for hydroxylation is 1. The highest BCUT2D eigenvalue weighted by Crippen LogP contribution is 2.42. The van der Waals surface area contributed by atoms with Crippen LogP contribution >= 0.6 is 0 Å². The van der Waals surface area contributed by atoms with Crippen LogP contribution in [0, 0.1) is 5.92 Å². The summed E-state index contributed by atoms with van der Waals surface area (Å²) in [4.78, 5) is 15.4. The van der Waals surface area contributed by atoms with Crippen LogP contribution in [-0.2, 0) is 11.2 Å². The van der Waals surface area contributed by atoms with Gasteiger partial charge in [-0.05, 0) is 87.7 Å². The van der Waals surface area contributed by atoms with Crippen LogP contribution in [0.25, 0.3) is 5.57 Å². The highest BCUT2D eigenvalue weighted by atomic mass is 16.3. The van der Waals surface area contributed by atoms with Gasteiger partial charge in [-0.25, -0.2) is 0 Å². The van der Waals surface area contributed by atoms with E-state index in [-0.39, 0.29) is 5.91 Å². The molecule has 2 unspecified atom stereocenters. The van der Waals surface area contributed by atoms with Gasteiger partial charge < -0.3 is 10.4 Å². The maximum Gasteiger partial charge on any atom is 0.247 e. The summed E-state index contributed by atoms with van der Waals surface area (Å²) in [6, 6.07) is 6.41. The third kappa shape index (κ3) is 3.66. The number of carbonyl (C=O) groups is 1. The largest absolute Gasteiger partial charge is 0.508 e. The number of fused-ring (bicyclic) bond motifs is 3. The van der Waals surface area contributed by atoms with Crippen molar-refractivity contribution in [3.05, 3.63) is 34.9 Å². The molecule has 1 aliphatic carbocycles. The second kappa shape index (κ2) is 7.83. The quantitative estimate of drug-likeness (QED) is 0.845. The van der Waals surface area contributed by atoms with E-state index in [9.17, 15) is 9.90 Å². The minimum Gasteiger partial charge on any atom is -0.508 e. The van der Waals surface area contributed by atoms with Gasteiger partial charge in [0.2, 0.25) is 5.91 Å². The molecule has 26 heavy (non-hydrogen) atoms. The Balaban J connectivity index is 2.05. The van der Waals surface area contributed by atoms with Gasteiger partial charge in [0.05, 0.1) is 0 Å². The van der Waals surface area contributed by atoms with E-state index in [2.05, 4.69) is 37.9 Å². The molecular weight excluding hydrogens is 324 g/mol. The first-order chi connectivity index (χ1) is 12.4. The van der Waals surface area contributed by atoms with E-state index in [1.165, 1.54) is 16.7 Å². The predicted octanol–water partition coefficient (Wildman–Crippen LogP) is 3.74. The monoisotopic (exact) mass is 356 g/mol. The third-order valence-corrected chi connectivity index (χ3v) is 6.02. The molecule has 1 aromatic carbocycles. The summed E-state index contributed by atoms with van der Waals surface area (Å²) in [7, 11) is 0. The number of benzene rings is 1. The number of hydrogen-bond acceptors (Lipinski definition) is 3. The molecule has 0 saturated heterocycles. The lowest BCUT2D eigenvalue weighted by Gasteiger charge is -2.34. The summed E-state index contributed by atoms with van der Waals surface area (Å²) < 4.78 is 0. The summed E-state index contributed by atoms with van der Waals surface area (Å²) in [5, 5.41) is 13.0. The van der Waals surface area contributed by atoms with E-state index in [0.29, 0.717) is 23.8 Å². The molecule has 1 aromatic rings. The van der Waals surface area contributed by atoms with Gasteiger partial charge in [0.25, 0.3) is 0 Å². The smallest absolute Gasteiger partial charge is 0.247 e. The summed E-state index contributed by atoms with van der Waals surface area (Å²) in [5.41, 5.74) is 4.52. The molecule has 4 heteroatoms. The van der Waals surface area contributed by atoms with Crippen LogP contribution < -0.4 is 5.32 Å².